The van der Waals surface area contributed by atoms with Crippen molar-refractivity contribution in [3.05, 3.63) is 115 Å². The van der Waals surface area contributed by atoms with Crippen molar-refractivity contribution >= 4 is 11.4 Å². The first-order valence-electron chi connectivity index (χ1n) is 8.82. The van der Waals surface area contributed by atoms with Crippen molar-refractivity contribution in [3.63, 3.8) is 0 Å². The van der Waals surface area contributed by atoms with Crippen LogP contribution in [0.25, 0.3) is 11.1 Å². The Hall–Kier alpha value is -3.39. The van der Waals surface area contributed by atoms with E-state index in [-0.39, 0.29) is 0 Å². The van der Waals surface area contributed by atoms with E-state index in [4.69, 9.17) is 0 Å². The number of hydrogen-bond donors (Lipinski definition) is 1. The summed E-state index contributed by atoms with van der Waals surface area (Å²) in [5, 5.41) is 3.41. The van der Waals surface area contributed by atoms with Crippen molar-refractivity contribution < 1.29 is 4.57 Å². The van der Waals surface area contributed by atoms with E-state index in [9.17, 15) is 0 Å². The van der Waals surface area contributed by atoms with Gasteiger partial charge in [-0.15, -0.1) is 0 Å². The summed E-state index contributed by atoms with van der Waals surface area (Å²) in [4.78, 5) is 0. The highest BCUT2D eigenvalue weighted by molar-refractivity contribution is 5.67. The maximum Gasteiger partial charge on any atom is 0.173 e. The molecule has 1 aromatic heterocycles. The van der Waals surface area contributed by atoms with Crippen LogP contribution in [-0.2, 0) is 6.54 Å². The molecule has 2 nitrogen and oxygen atoms in total. The molecule has 0 aliphatic rings. The van der Waals surface area contributed by atoms with Gasteiger partial charge in [-0.3, -0.25) is 0 Å². The molecule has 1 N–H and O–H groups in total. The molecule has 0 radical (unpaired) electrons. The molecule has 4 aromatic rings. The summed E-state index contributed by atoms with van der Waals surface area (Å²) in [7, 11) is 0. The van der Waals surface area contributed by atoms with Crippen LogP contribution in [-0.4, -0.2) is 0 Å². The molecule has 0 unspecified atom stereocenters. The van der Waals surface area contributed by atoms with Crippen LogP contribution in [0.15, 0.2) is 109 Å². The number of pyridine rings is 1. The van der Waals surface area contributed by atoms with E-state index in [1.54, 1.807) is 0 Å². The lowest BCUT2D eigenvalue weighted by Crippen LogP contribution is -2.32. The quantitative estimate of drug-likeness (QED) is 0.480. The van der Waals surface area contributed by atoms with E-state index in [1.807, 2.05) is 24.3 Å². The van der Waals surface area contributed by atoms with Gasteiger partial charge in [0.25, 0.3) is 0 Å². The molecule has 4 rings (SSSR count). The van der Waals surface area contributed by atoms with E-state index in [0.29, 0.717) is 0 Å². The Bertz CT molecular complexity index is 861. The number of para-hydroxylation sites is 1. The molecular formula is C24H21N2+. The number of aromatic nitrogens is 1. The van der Waals surface area contributed by atoms with Crippen LogP contribution in [0.4, 0.5) is 11.4 Å². The highest BCUT2D eigenvalue weighted by Crippen LogP contribution is 2.22. The van der Waals surface area contributed by atoms with Crippen LogP contribution in [0.3, 0.4) is 0 Å². The fourth-order valence-corrected chi connectivity index (χ4v) is 2.98. The van der Waals surface area contributed by atoms with E-state index >= 15 is 0 Å². The lowest BCUT2D eigenvalue weighted by Gasteiger charge is -2.07. The largest absolute Gasteiger partial charge is 0.356 e. The minimum Gasteiger partial charge on any atom is -0.356 e. The van der Waals surface area contributed by atoms with Crippen LogP contribution in [0, 0.1) is 0 Å². The molecule has 26 heavy (non-hydrogen) atoms. The lowest BCUT2D eigenvalue weighted by atomic mass is 10.1. The number of nitrogens with zero attached hydrogens (tertiary/aromatic N) is 1. The summed E-state index contributed by atoms with van der Waals surface area (Å²) in [6.07, 6.45) is 4.27. The Morgan fingerprint density at radius 3 is 1.73 bits per heavy atom. The SMILES string of the molecule is c1ccc(C[n+]2ccc(-c3ccc(Nc4ccccc4)cc3)cc2)cc1. The van der Waals surface area contributed by atoms with Crippen molar-refractivity contribution in [2.75, 3.05) is 5.32 Å². The van der Waals surface area contributed by atoms with Crippen molar-refractivity contribution in [2.24, 2.45) is 0 Å². The maximum atomic E-state index is 3.41. The van der Waals surface area contributed by atoms with Gasteiger partial charge in [-0.1, -0.05) is 60.7 Å². The number of anilines is 2. The summed E-state index contributed by atoms with van der Waals surface area (Å²) in [6.45, 7) is 0.890. The monoisotopic (exact) mass is 337 g/mol. The molecule has 0 aliphatic heterocycles. The van der Waals surface area contributed by atoms with E-state index in [0.717, 1.165) is 17.9 Å². The van der Waals surface area contributed by atoms with Crippen molar-refractivity contribution in [1.29, 1.82) is 0 Å². The first-order chi connectivity index (χ1) is 12.9. The van der Waals surface area contributed by atoms with Gasteiger partial charge >= 0.3 is 0 Å². The zero-order valence-electron chi connectivity index (χ0n) is 14.5. The van der Waals surface area contributed by atoms with Gasteiger partial charge in [0.05, 0.1) is 0 Å². The van der Waals surface area contributed by atoms with Gasteiger partial charge in [-0.2, -0.15) is 0 Å². The van der Waals surface area contributed by atoms with Crippen LogP contribution in [0.5, 0.6) is 0 Å². The standard InChI is InChI=1S/C24H20N2/c1-3-7-20(8-4-1)19-26-17-15-22(16-18-26)21-11-13-24(14-12-21)25-23-9-5-2-6-10-23/h1-18H,19H2/p+1. The Balaban J connectivity index is 1.45. The normalized spacial score (nSPS) is 10.5. The summed E-state index contributed by atoms with van der Waals surface area (Å²) >= 11 is 0. The minimum absolute atomic E-state index is 0.890. The van der Waals surface area contributed by atoms with Gasteiger partial charge in [0, 0.05) is 29.1 Å². The van der Waals surface area contributed by atoms with Gasteiger partial charge in [-0.05, 0) is 35.4 Å². The summed E-state index contributed by atoms with van der Waals surface area (Å²) in [6, 6.07) is 33.6. The first kappa shape index (κ1) is 16.1. The van der Waals surface area contributed by atoms with E-state index in [1.165, 1.54) is 16.7 Å². The second-order valence-electron chi connectivity index (χ2n) is 6.31. The molecule has 0 amide bonds. The molecule has 0 atom stereocenters. The van der Waals surface area contributed by atoms with Crippen LogP contribution < -0.4 is 9.88 Å². The molecule has 126 valence electrons. The highest BCUT2D eigenvalue weighted by Gasteiger charge is 2.04. The lowest BCUT2D eigenvalue weighted by molar-refractivity contribution is -0.688. The Morgan fingerprint density at radius 1 is 0.538 bits per heavy atom. The third-order valence-corrected chi connectivity index (χ3v) is 4.38. The van der Waals surface area contributed by atoms with Gasteiger partial charge in [0.15, 0.2) is 18.9 Å². The topological polar surface area (TPSA) is 15.9 Å². The molecule has 0 saturated heterocycles. The second kappa shape index (κ2) is 7.66. The zero-order chi connectivity index (χ0) is 17.6. The van der Waals surface area contributed by atoms with Crippen molar-refractivity contribution in [2.45, 2.75) is 6.54 Å². The van der Waals surface area contributed by atoms with Crippen LogP contribution in [0.1, 0.15) is 5.56 Å². The number of hydrogen-bond acceptors (Lipinski definition) is 1. The Morgan fingerprint density at radius 2 is 1.08 bits per heavy atom. The van der Waals surface area contributed by atoms with Crippen LogP contribution in [0.2, 0.25) is 0 Å². The molecule has 0 spiro atoms. The summed E-state index contributed by atoms with van der Waals surface area (Å²) in [5.74, 6) is 0. The summed E-state index contributed by atoms with van der Waals surface area (Å²) in [5.41, 5.74) is 5.94. The van der Waals surface area contributed by atoms with E-state index < -0.39 is 0 Å². The third-order valence-electron chi connectivity index (χ3n) is 4.38. The van der Waals surface area contributed by atoms with E-state index in [2.05, 4.69) is 95.1 Å². The summed E-state index contributed by atoms with van der Waals surface area (Å²) < 4.78 is 2.20. The fourth-order valence-electron chi connectivity index (χ4n) is 2.98. The van der Waals surface area contributed by atoms with Gasteiger partial charge in [0.2, 0.25) is 0 Å². The number of rotatable bonds is 5. The van der Waals surface area contributed by atoms with Gasteiger partial charge < -0.3 is 5.32 Å². The maximum absolute atomic E-state index is 3.41. The Kier molecular flexibility index (Phi) is 4.74. The first-order valence-corrected chi connectivity index (χ1v) is 8.82. The molecular weight excluding hydrogens is 316 g/mol. The van der Waals surface area contributed by atoms with Crippen molar-refractivity contribution in [3.8, 4) is 11.1 Å². The third kappa shape index (κ3) is 3.98. The van der Waals surface area contributed by atoms with Crippen LogP contribution >= 0.6 is 0 Å². The number of nitrogens with one attached hydrogen (secondary N) is 1. The molecule has 0 bridgehead atoms. The van der Waals surface area contributed by atoms with Gasteiger partial charge in [-0.25, -0.2) is 4.57 Å². The molecule has 0 saturated carbocycles. The molecule has 3 aromatic carbocycles. The Labute approximate surface area is 154 Å². The molecule has 1 heterocycles. The highest BCUT2D eigenvalue weighted by atomic mass is 14.9. The number of benzene rings is 3. The van der Waals surface area contributed by atoms with Gasteiger partial charge in [0.1, 0.15) is 0 Å². The fraction of sp³-hybridized carbons (Fsp3) is 0.0417. The predicted octanol–water partition coefficient (Wildman–Crippen LogP) is 5.43. The predicted molar refractivity (Wildman–Crippen MR) is 107 cm³/mol. The molecule has 0 aliphatic carbocycles. The molecule has 0 fully saturated rings. The molecule has 2 heteroatoms. The smallest absolute Gasteiger partial charge is 0.173 e. The zero-order valence-corrected chi connectivity index (χ0v) is 14.5. The second-order valence-corrected chi connectivity index (χ2v) is 6.31. The van der Waals surface area contributed by atoms with Crippen molar-refractivity contribution in [1.82, 2.24) is 0 Å². The average molecular weight is 337 g/mol. The minimum atomic E-state index is 0.890. The average Bonchev–Trinajstić information content (AvgIpc) is 2.71.